The van der Waals surface area contributed by atoms with Crippen molar-refractivity contribution in [3.05, 3.63) is 64.7 Å². The van der Waals surface area contributed by atoms with Crippen LogP contribution in [-0.2, 0) is 4.79 Å². The summed E-state index contributed by atoms with van der Waals surface area (Å²) in [5.41, 5.74) is 3.30. The predicted octanol–water partition coefficient (Wildman–Crippen LogP) is 3.87. The number of anilines is 1. The number of aryl methyl sites for hydroxylation is 2. The summed E-state index contributed by atoms with van der Waals surface area (Å²) < 4.78 is 26.6. The Morgan fingerprint density at radius 1 is 1.09 bits per heavy atom. The smallest absolute Gasteiger partial charge is 0.238 e. The highest BCUT2D eigenvalue weighted by atomic mass is 19.1. The van der Waals surface area contributed by atoms with Gasteiger partial charge in [0.2, 0.25) is 5.91 Å². The molecule has 0 aliphatic carbocycles. The van der Waals surface area contributed by atoms with Crippen molar-refractivity contribution >= 4 is 11.6 Å². The first-order chi connectivity index (χ1) is 10.9. The summed E-state index contributed by atoms with van der Waals surface area (Å²) in [6.45, 7) is 5.73. The molecule has 0 aromatic heterocycles. The minimum atomic E-state index is -0.625. The summed E-state index contributed by atoms with van der Waals surface area (Å²) in [5, 5.41) is 5.72. The first-order valence-corrected chi connectivity index (χ1v) is 7.42. The van der Waals surface area contributed by atoms with Crippen LogP contribution in [-0.4, -0.2) is 12.5 Å². The summed E-state index contributed by atoms with van der Waals surface area (Å²) in [6.07, 6.45) is 0. The maximum absolute atomic E-state index is 13.7. The molecule has 1 amide bonds. The number of hydrogen-bond acceptors (Lipinski definition) is 2. The maximum Gasteiger partial charge on any atom is 0.238 e. The Balaban J connectivity index is 1.91. The average molecular weight is 318 g/mol. The minimum absolute atomic E-state index is 0.0326. The van der Waals surface area contributed by atoms with Gasteiger partial charge in [-0.05, 0) is 50.1 Å². The highest BCUT2D eigenvalue weighted by molar-refractivity contribution is 5.92. The van der Waals surface area contributed by atoms with E-state index in [1.54, 1.807) is 6.92 Å². The van der Waals surface area contributed by atoms with E-state index >= 15 is 0 Å². The second-order valence-electron chi connectivity index (χ2n) is 5.62. The van der Waals surface area contributed by atoms with Crippen LogP contribution in [0.1, 0.15) is 29.7 Å². The van der Waals surface area contributed by atoms with Crippen LogP contribution >= 0.6 is 0 Å². The molecule has 0 aliphatic rings. The summed E-state index contributed by atoms with van der Waals surface area (Å²) in [7, 11) is 0. The zero-order valence-corrected chi connectivity index (χ0v) is 13.4. The third-order valence-electron chi connectivity index (χ3n) is 3.79. The van der Waals surface area contributed by atoms with Gasteiger partial charge in [-0.3, -0.25) is 4.79 Å². The molecule has 0 bridgehead atoms. The minimum Gasteiger partial charge on any atom is -0.325 e. The van der Waals surface area contributed by atoms with Crippen molar-refractivity contribution in [2.45, 2.75) is 26.8 Å². The second-order valence-corrected chi connectivity index (χ2v) is 5.62. The summed E-state index contributed by atoms with van der Waals surface area (Å²) in [6, 6.07) is 8.69. The molecular weight excluding hydrogens is 298 g/mol. The Morgan fingerprint density at radius 3 is 2.48 bits per heavy atom. The van der Waals surface area contributed by atoms with E-state index in [1.165, 1.54) is 12.1 Å². The second kappa shape index (κ2) is 7.33. The maximum atomic E-state index is 13.7. The van der Waals surface area contributed by atoms with Crippen LogP contribution in [0.25, 0.3) is 0 Å². The third kappa shape index (κ3) is 4.60. The quantitative estimate of drug-likeness (QED) is 0.878. The van der Waals surface area contributed by atoms with Crippen LogP contribution in [0.15, 0.2) is 36.4 Å². The van der Waals surface area contributed by atoms with Gasteiger partial charge in [-0.1, -0.05) is 12.1 Å². The standard InChI is InChI=1S/C18H20F2N2O/c1-11-4-6-15(8-12(11)2)22-18(23)10-21-13(3)16-7-5-14(19)9-17(16)20/h4-9,13,21H,10H2,1-3H3,(H,22,23)/t13-/m0/s1. The van der Waals surface area contributed by atoms with E-state index in [4.69, 9.17) is 0 Å². The highest BCUT2D eigenvalue weighted by Gasteiger charge is 2.13. The average Bonchev–Trinajstić information content (AvgIpc) is 2.48. The van der Waals surface area contributed by atoms with E-state index in [2.05, 4.69) is 10.6 Å². The molecule has 5 heteroatoms. The van der Waals surface area contributed by atoms with Crippen LogP contribution in [0.4, 0.5) is 14.5 Å². The summed E-state index contributed by atoms with van der Waals surface area (Å²) in [5.74, 6) is -1.46. The van der Waals surface area contributed by atoms with Crippen molar-refractivity contribution in [2.24, 2.45) is 0 Å². The van der Waals surface area contributed by atoms with Crippen LogP contribution in [0.2, 0.25) is 0 Å². The van der Waals surface area contributed by atoms with Crippen molar-refractivity contribution in [3.8, 4) is 0 Å². The molecule has 0 aliphatic heterocycles. The highest BCUT2D eigenvalue weighted by Crippen LogP contribution is 2.18. The zero-order chi connectivity index (χ0) is 17.0. The van der Waals surface area contributed by atoms with E-state index < -0.39 is 17.7 Å². The van der Waals surface area contributed by atoms with E-state index in [-0.39, 0.29) is 12.5 Å². The molecule has 0 fully saturated rings. The number of carbonyl (C=O) groups is 1. The fourth-order valence-corrected chi connectivity index (χ4v) is 2.23. The number of hydrogen-bond donors (Lipinski definition) is 2. The zero-order valence-electron chi connectivity index (χ0n) is 13.4. The van der Waals surface area contributed by atoms with E-state index in [1.807, 2.05) is 32.0 Å². The van der Waals surface area contributed by atoms with Crippen molar-refractivity contribution in [1.82, 2.24) is 5.32 Å². The fourth-order valence-electron chi connectivity index (χ4n) is 2.23. The Labute approximate surface area is 134 Å². The van der Waals surface area contributed by atoms with Crippen LogP contribution in [0.3, 0.4) is 0 Å². The fraction of sp³-hybridized carbons (Fsp3) is 0.278. The lowest BCUT2D eigenvalue weighted by molar-refractivity contribution is -0.115. The molecule has 122 valence electrons. The van der Waals surface area contributed by atoms with Crippen LogP contribution in [0.5, 0.6) is 0 Å². The van der Waals surface area contributed by atoms with Crippen molar-refractivity contribution in [2.75, 3.05) is 11.9 Å². The van der Waals surface area contributed by atoms with Gasteiger partial charge in [-0.2, -0.15) is 0 Å². The van der Waals surface area contributed by atoms with Gasteiger partial charge in [-0.15, -0.1) is 0 Å². The molecule has 2 rings (SSSR count). The Kier molecular flexibility index (Phi) is 5.45. The Morgan fingerprint density at radius 2 is 1.83 bits per heavy atom. The van der Waals surface area contributed by atoms with Gasteiger partial charge in [0.25, 0.3) is 0 Å². The number of halogens is 2. The van der Waals surface area contributed by atoms with Gasteiger partial charge >= 0.3 is 0 Å². The third-order valence-corrected chi connectivity index (χ3v) is 3.79. The lowest BCUT2D eigenvalue weighted by Gasteiger charge is -2.15. The van der Waals surface area contributed by atoms with Gasteiger partial charge < -0.3 is 10.6 Å². The van der Waals surface area contributed by atoms with Gasteiger partial charge in [0, 0.05) is 23.4 Å². The number of carbonyl (C=O) groups excluding carboxylic acids is 1. The van der Waals surface area contributed by atoms with Crippen molar-refractivity contribution in [1.29, 1.82) is 0 Å². The normalized spacial score (nSPS) is 12.0. The molecule has 2 N–H and O–H groups in total. The molecule has 0 saturated carbocycles. The molecule has 2 aromatic rings. The lowest BCUT2D eigenvalue weighted by atomic mass is 10.1. The molecule has 0 spiro atoms. The van der Waals surface area contributed by atoms with Gasteiger partial charge in [0.05, 0.1) is 6.54 Å². The first kappa shape index (κ1) is 17.1. The Hall–Kier alpha value is -2.27. The summed E-state index contributed by atoms with van der Waals surface area (Å²) >= 11 is 0. The number of nitrogens with one attached hydrogen (secondary N) is 2. The molecule has 0 radical (unpaired) electrons. The van der Waals surface area contributed by atoms with Crippen molar-refractivity contribution < 1.29 is 13.6 Å². The Bertz CT molecular complexity index is 716. The van der Waals surface area contributed by atoms with Gasteiger partial charge in [0.1, 0.15) is 11.6 Å². The number of benzene rings is 2. The topological polar surface area (TPSA) is 41.1 Å². The lowest BCUT2D eigenvalue weighted by Crippen LogP contribution is -2.30. The molecule has 2 aromatic carbocycles. The number of amides is 1. The molecule has 0 heterocycles. The largest absolute Gasteiger partial charge is 0.325 e. The van der Waals surface area contributed by atoms with E-state index in [0.29, 0.717) is 5.56 Å². The first-order valence-electron chi connectivity index (χ1n) is 7.42. The van der Waals surface area contributed by atoms with Gasteiger partial charge in [0.15, 0.2) is 0 Å². The van der Waals surface area contributed by atoms with Crippen LogP contribution < -0.4 is 10.6 Å². The molecule has 0 unspecified atom stereocenters. The van der Waals surface area contributed by atoms with Gasteiger partial charge in [-0.25, -0.2) is 8.78 Å². The summed E-state index contributed by atoms with van der Waals surface area (Å²) in [4.78, 5) is 12.0. The van der Waals surface area contributed by atoms with Crippen molar-refractivity contribution in [3.63, 3.8) is 0 Å². The molecule has 23 heavy (non-hydrogen) atoms. The SMILES string of the molecule is Cc1ccc(NC(=O)CN[C@@H](C)c2ccc(F)cc2F)cc1C. The molecule has 3 nitrogen and oxygen atoms in total. The predicted molar refractivity (Wildman–Crippen MR) is 87.3 cm³/mol. The van der Waals surface area contributed by atoms with Crippen LogP contribution in [0, 0.1) is 25.5 Å². The monoisotopic (exact) mass is 318 g/mol. The van der Waals surface area contributed by atoms with E-state index in [0.717, 1.165) is 22.9 Å². The number of rotatable bonds is 5. The molecule has 1 atom stereocenters. The van der Waals surface area contributed by atoms with E-state index in [9.17, 15) is 13.6 Å². The molecule has 0 saturated heterocycles. The molecular formula is C18H20F2N2O.